The largest absolute Gasteiger partial charge is 0.331 e. The molecular formula is C18H15F2N5. The van der Waals surface area contributed by atoms with Gasteiger partial charge in [-0.2, -0.15) is 0 Å². The van der Waals surface area contributed by atoms with Gasteiger partial charge in [0.15, 0.2) is 5.65 Å². The van der Waals surface area contributed by atoms with Crippen LogP contribution in [-0.2, 0) is 13.1 Å². The summed E-state index contributed by atoms with van der Waals surface area (Å²) in [6.07, 6.45) is 7.63. The van der Waals surface area contributed by atoms with E-state index in [1.54, 1.807) is 24.9 Å². The zero-order valence-corrected chi connectivity index (χ0v) is 13.3. The summed E-state index contributed by atoms with van der Waals surface area (Å²) >= 11 is 0. The van der Waals surface area contributed by atoms with Crippen molar-refractivity contribution in [2.75, 3.05) is 0 Å². The Morgan fingerprint density at radius 2 is 1.80 bits per heavy atom. The summed E-state index contributed by atoms with van der Waals surface area (Å²) in [6, 6.07) is 7.24. The lowest BCUT2D eigenvalue weighted by atomic mass is 10.2. The van der Waals surface area contributed by atoms with E-state index in [0.29, 0.717) is 18.0 Å². The lowest BCUT2D eigenvalue weighted by molar-refractivity contribution is 0.569. The maximum Gasteiger partial charge on any atom is 0.177 e. The fourth-order valence-electron chi connectivity index (χ4n) is 2.89. The minimum atomic E-state index is -0.486. The van der Waals surface area contributed by atoms with Crippen LogP contribution in [0.1, 0.15) is 6.42 Å². The molecular weight excluding hydrogens is 324 g/mol. The van der Waals surface area contributed by atoms with E-state index in [9.17, 15) is 8.78 Å². The fraction of sp³-hybridized carbons (Fsp3) is 0.167. The summed E-state index contributed by atoms with van der Waals surface area (Å²) in [5.41, 5.74) is 1.86. The molecule has 0 aliphatic rings. The summed E-state index contributed by atoms with van der Waals surface area (Å²) in [5.74, 6) is -0.544. The molecule has 0 fully saturated rings. The van der Waals surface area contributed by atoms with Crippen molar-refractivity contribution in [1.29, 1.82) is 0 Å². The van der Waals surface area contributed by atoms with Crippen LogP contribution in [0.4, 0.5) is 8.78 Å². The van der Waals surface area contributed by atoms with Crippen molar-refractivity contribution in [2.24, 2.45) is 0 Å². The lowest BCUT2D eigenvalue weighted by Gasteiger charge is -2.09. The van der Waals surface area contributed by atoms with E-state index in [0.717, 1.165) is 30.6 Å². The zero-order chi connectivity index (χ0) is 17.2. The van der Waals surface area contributed by atoms with E-state index >= 15 is 0 Å². The molecule has 0 spiro atoms. The van der Waals surface area contributed by atoms with Crippen LogP contribution in [0.2, 0.25) is 0 Å². The third kappa shape index (κ3) is 3.00. The Balaban J connectivity index is 1.51. The van der Waals surface area contributed by atoms with E-state index < -0.39 is 11.6 Å². The Labute approximate surface area is 142 Å². The minimum absolute atomic E-state index is 0.169. The first-order chi connectivity index (χ1) is 12.2. The van der Waals surface area contributed by atoms with E-state index in [4.69, 9.17) is 0 Å². The molecule has 4 rings (SSSR count). The minimum Gasteiger partial charge on any atom is -0.331 e. The molecule has 4 aromatic rings. The molecule has 0 bridgehead atoms. The first kappa shape index (κ1) is 15.4. The number of pyridine rings is 1. The van der Waals surface area contributed by atoms with Crippen molar-refractivity contribution < 1.29 is 8.78 Å². The Morgan fingerprint density at radius 1 is 0.920 bits per heavy atom. The van der Waals surface area contributed by atoms with Crippen LogP contribution in [0.5, 0.6) is 0 Å². The van der Waals surface area contributed by atoms with Gasteiger partial charge in [-0.05, 0) is 36.8 Å². The molecule has 0 unspecified atom stereocenters. The number of aromatic nitrogens is 5. The van der Waals surface area contributed by atoms with E-state index in [1.165, 1.54) is 6.07 Å². The highest BCUT2D eigenvalue weighted by atomic mass is 19.1. The van der Waals surface area contributed by atoms with Gasteiger partial charge < -0.3 is 9.13 Å². The Hall–Kier alpha value is -3.09. The van der Waals surface area contributed by atoms with Gasteiger partial charge in [0.05, 0.1) is 17.4 Å². The molecule has 0 N–H and O–H groups in total. The average molecular weight is 339 g/mol. The van der Waals surface area contributed by atoms with E-state index in [2.05, 4.69) is 15.0 Å². The number of halogens is 2. The van der Waals surface area contributed by atoms with Crippen LogP contribution < -0.4 is 0 Å². The summed E-state index contributed by atoms with van der Waals surface area (Å²) < 4.78 is 31.3. The summed E-state index contributed by atoms with van der Waals surface area (Å²) in [5, 5.41) is 0. The van der Waals surface area contributed by atoms with Crippen molar-refractivity contribution in [3.05, 3.63) is 66.9 Å². The smallest absolute Gasteiger partial charge is 0.177 e. The lowest BCUT2D eigenvalue weighted by Crippen LogP contribution is -2.05. The van der Waals surface area contributed by atoms with Crippen molar-refractivity contribution in [3.8, 4) is 11.4 Å². The maximum atomic E-state index is 14.0. The van der Waals surface area contributed by atoms with Gasteiger partial charge in [-0.3, -0.25) is 0 Å². The van der Waals surface area contributed by atoms with Gasteiger partial charge in [0.25, 0.3) is 0 Å². The second-order valence-corrected chi connectivity index (χ2v) is 5.71. The predicted octanol–water partition coefficient (Wildman–Crippen LogP) is 3.66. The number of rotatable bonds is 5. The number of imidazole rings is 2. The van der Waals surface area contributed by atoms with Gasteiger partial charge in [0, 0.05) is 31.7 Å². The zero-order valence-electron chi connectivity index (χ0n) is 13.3. The van der Waals surface area contributed by atoms with Gasteiger partial charge in [-0.1, -0.05) is 0 Å². The van der Waals surface area contributed by atoms with E-state index in [1.807, 2.05) is 21.3 Å². The van der Waals surface area contributed by atoms with Gasteiger partial charge in [-0.25, -0.2) is 23.7 Å². The number of benzene rings is 1. The SMILES string of the molecule is Fc1ccc(F)c(-c2nccn2CCCn2cnc3ncccc32)c1. The molecule has 1 aromatic carbocycles. The molecule has 0 saturated heterocycles. The van der Waals surface area contributed by atoms with Crippen LogP contribution in [0, 0.1) is 11.6 Å². The first-order valence-electron chi connectivity index (χ1n) is 7.95. The molecule has 0 aliphatic heterocycles. The van der Waals surface area contributed by atoms with Crippen molar-refractivity contribution in [3.63, 3.8) is 0 Å². The van der Waals surface area contributed by atoms with Gasteiger partial charge in [0.1, 0.15) is 17.5 Å². The quantitative estimate of drug-likeness (QED) is 0.557. The van der Waals surface area contributed by atoms with Gasteiger partial charge >= 0.3 is 0 Å². The summed E-state index contributed by atoms with van der Waals surface area (Å²) in [4.78, 5) is 12.7. The number of fused-ring (bicyclic) bond motifs is 1. The van der Waals surface area contributed by atoms with Gasteiger partial charge in [-0.15, -0.1) is 0 Å². The molecule has 7 heteroatoms. The van der Waals surface area contributed by atoms with Crippen LogP contribution >= 0.6 is 0 Å². The number of hydrogen-bond donors (Lipinski definition) is 0. The normalized spacial score (nSPS) is 11.3. The van der Waals surface area contributed by atoms with Crippen LogP contribution in [0.25, 0.3) is 22.6 Å². The number of nitrogens with zero attached hydrogens (tertiary/aromatic N) is 5. The predicted molar refractivity (Wildman–Crippen MR) is 89.7 cm³/mol. The van der Waals surface area contributed by atoms with Crippen molar-refractivity contribution in [2.45, 2.75) is 19.5 Å². The monoisotopic (exact) mass is 339 g/mol. The van der Waals surface area contributed by atoms with Crippen LogP contribution in [0.3, 0.4) is 0 Å². The topological polar surface area (TPSA) is 48.5 Å². The van der Waals surface area contributed by atoms with Crippen LogP contribution in [-0.4, -0.2) is 24.1 Å². The third-order valence-corrected chi connectivity index (χ3v) is 4.08. The highest BCUT2D eigenvalue weighted by Gasteiger charge is 2.12. The first-order valence-corrected chi connectivity index (χ1v) is 7.95. The molecule has 5 nitrogen and oxygen atoms in total. The second kappa shape index (κ2) is 6.43. The third-order valence-electron chi connectivity index (χ3n) is 4.08. The molecule has 0 radical (unpaired) electrons. The van der Waals surface area contributed by atoms with Crippen molar-refractivity contribution in [1.82, 2.24) is 24.1 Å². The second-order valence-electron chi connectivity index (χ2n) is 5.71. The van der Waals surface area contributed by atoms with E-state index in [-0.39, 0.29) is 5.56 Å². The Bertz CT molecular complexity index is 1020. The van der Waals surface area contributed by atoms with Crippen molar-refractivity contribution >= 4 is 11.2 Å². The maximum absolute atomic E-state index is 14.0. The standard InChI is InChI=1S/C18H15F2N5/c19-13-4-5-15(20)14(11-13)18-22-7-10-24(18)8-2-9-25-12-23-17-16(25)3-1-6-21-17/h1,3-7,10-12H,2,8-9H2. The van der Waals surface area contributed by atoms with Crippen LogP contribution in [0.15, 0.2) is 55.2 Å². The molecule has 3 aromatic heterocycles. The molecule has 3 heterocycles. The molecule has 126 valence electrons. The Morgan fingerprint density at radius 3 is 2.72 bits per heavy atom. The number of aryl methyl sites for hydroxylation is 2. The highest BCUT2D eigenvalue weighted by Crippen LogP contribution is 2.22. The number of hydrogen-bond acceptors (Lipinski definition) is 3. The highest BCUT2D eigenvalue weighted by molar-refractivity contribution is 5.70. The molecule has 0 atom stereocenters. The Kier molecular flexibility index (Phi) is 3.97. The molecule has 0 saturated carbocycles. The summed E-state index contributed by atoms with van der Waals surface area (Å²) in [7, 11) is 0. The molecule has 25 heavy (non-hydrogen) atoms. The molecule has 0 amide bonds. The summed E-state index contributed by atoms with van der Waals surface area (Å²) in [6.45, 7) is 1.37. The average Bonchev–Trinajstić information content (AvgIpc) is 3.25. The molecule has 0 aliphatic carbocycles. The fourth-order valence-corrected chi connectivity index (χ4v) is 2.89. The van der Waals surface area contributed by atoms with Gasteiger partial charge in [0.2, 0.25) is 0 Å².